The molecule has 0 saturated carbocycles. The number of ether oxygens (including phenoxy) is 1. The average Bonchev–Trinajstić information content (AvgIpc) is 3.23. The van der Waals surface area contributed by atoms with Crippen LogP contribution >= 0.6 is 11.3 Å². The lowest BCUT2D eigenvalue weighted by Crippen LogP contribution is -2.27. The summed E-state index contributed by atoms with van der Waals surface area (Å²) in [5.74, 6) is 1.85. The minimum atomic E-state index is 0.224. The zero-order valence-corrected chi connectivity index (χ0v) is 16.3. The normalized spacial score (nSPS) is 14.6. The number of methoxy groups -OCH3 is 1. The molecule has 0 amide bonds. The van der Waals surface area contributed by atoms with Crippen molar-refractivity contribution < 1.29 is 4.74 Å². The number of rotatable bonds is 6. The Hall–Kier alpha value is -2.18. The zero-order valence-electron chi connectivity index (χ0n) is 15.5. The fourth-order valence-electron chi connectivity index (χ4n) is 3.70. The van der Waals surface area contributed by atoms with Crippen molar-refractivity contribution >= 4 is 27.4 Å². The molecule has 1 aromatic carbocycles. The Morgan fingerprint density at radius 1 is 1.27 bits per heavy atom. The van der Waals surface area contributed by atoms with E-state index in [0.29, 0.717) is 0 Å². The summed E-state index contributed by atoms with van der Waals surface area (Å²) < 4.78 is 5.39. The lowest BCUT2D eigenvalue weighted by atomic mass is 10.1. The van der Waals surface area contributed by atoms with E-state index in [9.17, 15) is 0 Å². The summed E-state index contributed by atoms with van der Waals surface area (Å²) in [6.45, 7) is 0.775. The number of anilines is 1. The van der Waals surface area contributed by atoms with Crippen molar-refractivity contribution in [1.29, 1.82) is 0 Å². The summed E-state index contributed by atoms with van der Waals surface area (Å²) in [5.41, 5.74) is 2.68. The second-order valence-corrected chi connectivity index (χ2v) is 7.98. The molecule has 1 unspecified atom stereocenters. The smallest absolute Gasteiger partial charge is 0.138 e. The average molecular weight is 369 g/mol. The molecular weight excluding hydrogens is 344 g/mol. The molecule has 3 aromatic rings. The lowest BCUT2D eigenvalue weighted by Gasteiger charge is -2.26. The van der Waals surface area contributed by atoms with Gasteiger partial charge in [-0.2, -0.15) is 0 Å². The molecule has 6 heteroatoms. The van der Waals surface area contributed by atoms with Crippen LogP contribution in [0.3, 0.4) is 0 Å². The molecule has 136 valence electrons. The molecule has 4 rings (SSSR count). The third-order valence-corrected chi connectivity index (χ3v) is 6.27. The van der Waals surface area contributed by atoms with Gasteiger partial charge in [-0.15, -0.1) is 11.3 Å². The monoisotopic (exact) mass is 368 g/mol. The molecule has 0 radical (unpaired) electrons. The van der Waals surface area contributed by atoms with Gasteiger partial charge in [0.1, 0.15) is 22.7 Å². The lowest BCUT2D eigenvalue weighted by molar-refractivity contribution is 0.310. The number of benzene rings is 1. The van der Waals surface area contributed by atoms with Crippen LogP contribution in [0, 0.1) is 0 Å². The van der Waals surface area contributed by atoms with E-state index in [1.54, 1.807) is 13.4 Å². The van der Waals surface area contributed by atoms with Gasteiger partial charge in [0.15, 0.2) is 0 Å². The van der Waals surface area contributed by atoms with Crippen LogP contribution in [0.5, 0.6) is 5.75 Å². The number of fused-ring (bicyclic) bond motifs is 3. The van der Waals surface area contributed by atoms with E-state index in [4.69, 9.17) is 4.74 Å². The number of thiophene rings is 1. The van der Waals surface area contributed by atoms with Gasteiger partial charge in [0.2, 0.25) is 0 Å². The van der Waals surface area contributed by atoms with E-state index in [1.165, 1.54) is 34.2 Å². The highest BCUT2D eigenvalue weighted by atomic mass is 32.1. The summed E-state index contributed by atoms with van der Waals surface area (Å²) in [4.78, 5) is 13.9. The third-order valence-electron chi connectivity index (χ3n) is 5.07. The van der Waals surface area contributed by atoms with Crippen molar-refractivity contribution in [2.45, 2.75) is 25.3 Å². The first-order valence-electron chi connectivity index (χ1n) is 8.97. The van der Waals surface area contributed by atoms with E-state index in [2.05, 4.69) is 46.4 Å². The molecule has 0 spiro atoms. The Balaban J connectivity index is 1.61. The van der Waals surface area contributed by atoms with E-state index in [1.807, 2.05) is 23.5 Å². The number of aromatic nitrogens is 2. The summed E-state index contributed by atoms with van der Waals surface area (Å²) in [7, 11) is 5.91. The van der Waals surface area contributed by atoms with E-state index < -0.39 is 0 Å². The molecule has 1 atom stereocenters. The number of hydrogen-bond acceptors (Lipinski definition) is 6. The van der Waals surface area contributed by atoms with Crippen LogP contribution in [0.1, 0.15) is 28.5 Å². The molecule has 1 aliphatic rings. The van der Waals surface area contributed by atoms with Crippen molar-refractivity contribution in [3.05, 3.63) is 46.6 Å². The van der Waals surface area contributed by atoms with Gasteiger partial charge < -0.3 is 15.0 Å². The maximum Gasteiger partial charge on any atom is 0.138 e. The second-order valence-electron chi connectivity index (χ2n) is 6.90. The van der Waals surface area contributed by atoms with Crippen LogP contribution < -0.4 is 10.1 Å². The van der Waals surface area contributed by atoms with Gasteiger partial charge in [0.25, 0.3) is 0 Å². The van der Waals surface area contributed by atoms with Crippen molar-refractivity contribution in [3.8, 4) is 5.75 Å². The van der Waals surface area contributed by atoms with E-state index in [-0.39, 0.29) is 6.04 Å². The quantitative estimate of drug-likeness (QED) is 0.715. The molecule has 1 N–H and O–H groups in total. The topological polar surface area (TPSA) is 50.3 Å². The van der Waals surface area contributed by atoms with Crippen molar-refractivity contribution in [2.75, 3.05) is 33.1 Å². The first-order valence-corrected chi connectivity index (χ1v) is 9.78. The maximum absolute atomic E-state index is 5.39. The SMILES string of the molecule is COc1cccc(C(CNc2ncnc3sc4c(c23)CCC4)N(C)C)c1. The summed E-state index contributed by atoms with van der Waals surface area (Å²) >= 11 is 1.82. The molecular formula is C20H24N4OS. The van der Waals surface area contributed by atoms with Gasteiger partial charge in [-0.1, -0.05) is 12.1 Å². The minimum absolute atomic E-state index is 0.224. The second kappa shape index (κ2) is 7.21. The molecule has 0 saturated heterocycles. The highest BCUT2D eigenvalue weighted by molar-refractivity contribution is 7.19. The van der Waals surface area contributed by atoms with Gasteiger partial charge >= 0.3 is 0 Å². The van der Waals surface area contributed by atoms with Gasteiger partial charge in [0.05, 0.1) is 18.5 Å². The molecule has 2 aromatic heterocycles. The number of aryl methyl sites for hydroxylation is 2. The first kappa shape index (κ1) is 17.2. The highest BCUT2D eigenvalue weighted by Crippen LogP contribution is 2.39. The number of nitrogens with one attached hydrogen (secondary N) is 1. The van der Waals surface area contributed by atoms with Crippen LogP contribution in [0.25, 0.3) is 10.2 Å². The zero-order chi connectivity index (χ0) is 18.1. The molecule has 5 nitrogen and oxygen atoms in total. The largest absolute Gasteiger partial charge is 0.497 e. The molecule has 0 aliphatic heterocycles. The van der Waals surface area contributed by atoms with Crippen LogP contribution in [-0.4, -0.2) is 42.6 Å². The summed E-state index contributed by atoms with van der Waals surface area (Å²) in [5, 5.41) is 4.82. The molecule has 0 fully saturated rings. The Kier molecular flexibility index (Phi) is 4.78. The number of likely N-dealkylation sites (N-methyl/N-ethyl adjacent to an activating group) is 1. The number of hydrogen-bond donors (Lipinski definition) is 1. The Bertz CT molecular complexity index is 921. The van der Waals surface area contributed by atoms with E-state index >= 15 is 0 Å². The van der Waals surface area contributed by atoms with Gasteiger partial charge in [-0.3, -0.25) is 0 Å². The summed E-state index contributed by atoms with van der Waals surface area (Å²) in [6, 6.07) is 8.49. The molecule has 2 heterocycles. The van der Waals surface area contributed by atoms with Gasteiger partial charge in [-0.05, 0) is 56.6 Å². The van der Waals surface area contributed by atoms with Crippen molar-refractivity contribution in [2.24, 2.45) is 0 Å². The van der Waals surface area contributed by atoms with Crippen LogP contribution in [0.4, 0.5) is 5.82 Å². The van der Waals surface area contributed by atoms with Crippen molar-refractivity contribution in [1.82, 2.24) is 14.9 Å². The minimum Gasteiger partial charge on any atom is -0.497 e. The van der Waals surface area contributed by atoms with E-state index in [0.717, 1.165) is 29.4 Å². The van der Waals surface area contributed by atoms with Crippen LogP contribution in [0.2, 0.25) is 0 Å². The predicted molar refractivity (Wildman–Crippen MR) is 107 cm³/mol. The molecule has 1 aliphatic carbocycles. The highest BCUT2D eigenvalue weighted by Gasteiger charge is 2.22. The van der Waals surface area contributed by atoms with Gasteiger partial charge in [0, 0.05) is 11.4 Å². The van der Waals surface area contributed by atoms with Crippen LogP contribution in [0.15, 0.2) is 30.6 Å². The summed E-state index contributed by atoms with van der Waals surface area (Å²) in [6.07, 6.45) is 5.24. The Morgan fingerprint density at radius 3 is 2.96 bits per heavy atom. The fourth-order valence-corrected chi connectivity index (χ4v) is 4.93. The number of nitrogens with zero attached hydrogens (tertiary/aromatic N) is 3. The predicted octanol–water partition coefficient (Wildman–Crippen LogP) is 3.90. The maximum atomic E-state index is 5.39. The Labute approximate surface area is 158 Å². The first-order chi connectivity index (χ1) is 12.7. The van der Waals surface area contributed by atoms with Crippen LogP contribution in [-0.2, 0) is 12.8 Å². The Morgan fingerprint density at radius 2 is 2.15 bits per heavy atom. The fraction of sp³-hybridized carbons (Fsp3) is 0.400. The van der Waals surface area contributed by atoms with Crippen molar-refractivity contribution in [3.63, 3.8) is 0 Å². The standard InChI is InChI=1S/C20H24N4OS/c1-24(2)16(13-6-4-7-14(10-13)25-3)11-21-19-18-15-8-5-9-17(15)26-20(18)23-12-22-19/h4,6-7,10,12,16H,5,8-9,11H2,1-3H3,(H,21,22,23). The third kappa shape index (κ3) is 3.15. The molecule has 26 heavy (non-hydrogen) atoms. The van der Waals surface area contributed by atoms with Gasteiger partial charge in [-0.25, -0.2) is 9.97 Å². The molecule has 0 bridgehead atoms.